The highest BCUT2D eigenvalue weighted by Gasteiger charge is 2.07. The number of hydrogen-bond donors (Lipinski definition) is 3. The van der Waals surface area contributed by atoms with E-state index in [1.165, 1.54) is 0 Å². The van der Waals surface area contributed by atoms with Gasteiger partial charge in [-0.25, -0.2) is 0 Å². The number of ether oxygens (including phenoxy) is 1. The average Bonchev–Trinajstić information content (AvgIpc) is 2.61. The number of aliphatic hydroxyl groups is 1. The SMILES string of the molecule is OCCNCCCNCc1cc(Br)ccc1OCc1ccc(Cl)cc1Cl. The smallest absolute Gasteiger partial charge is 0.124 e. The molecule has 0 fully saturated rings. The van der Waals surface area contributed by atoms with Crippen LogP contribution in [0.15, 0.2) is 40.9 Å². The maximum absolute atomic E-state index is 8.73. The summed E-state index contributed by atoms with van der Waals surface area (Å²) in [7, 11) is 0. The molecule has 0 heterocycles. The highest BCUT2D eigenvalue weighted by Crippen LogP contribution is 2.26. The third kappa shape index (κ3) is 7.43. The molecule has 0 saturated carbocycles. The number of halogens is 3. The van der Waals surface area contributed by atoms with Crippen LogP contribution < -0.4 is 15.4 Å². The Balaban J connectivity index is 1.88. The first kappa shape index (κ1) is 21.5. The largest absolute Gasteiger partial charge is 0.489 e. The van der Waals surface area contributed by atoms with Crippen molar-refractivity contribution >= 4 is 39.1 Å². The van der Waals surface area contributed by atoms with Crippen LogP contribution in [-0.4, -0.2) is 31.3 Å². The molecule has 0 amide bonds. The molecule has 0 radical (unpaired) electrons. The Kier molecular flexibility index (Phi) is 9.75. The first-order valence-corrected chi connectivity index (χ1v) is 10.0. The molecule has 0 aromatic heterocycles. The van der Waals surface area contributed by atoms with E-state index >= 15 is 0 Å². The molecule has 3 N–H and O–H groups in total. The van der Waals surface area contributed by atoms with Crippen molar-refractivity contribution in [2.24, 2.45) is 0 Å². The van der Waals surface area contributed by atoms with Crippen LogP contribution in [0, 0.1) is 0 Å². The minimum Gasteiger partial charge on any atom is -0.489 e. The molecule has 0 spiro atoms. The fourth-order valence-corrected chi connectivity index (χ4v) is 3.26. The molecule has 0 aliphatic heterocycles. The topological polar surface area (TPSA) is 53.5 Å². The zero-order chi connectivity index (χ0) is 18.8. The van der Waals surface area contributed by atoms with Crippen LogP contribution in [0.3, 0.4) is 0 Å². The predicted molar refractivity (Wildman–Crippen MR) is 111 cm³/mol. The molecule has 142 valence electrons. The molecular formula is C19H23BrCl2N2O2. The number of aliphatic hydroxyl groups excluding tert-OH is 1. The van der Waals surface area contributed by atoms with Crippen molar-refractivity contribution in [1.82, 2.24) is 10.6 Å². The lowest BCUT2D eigenvalue weighted by atomic mass is 10.2. The Hall–Kier alpha value is -0.820. The first-order chi connectivity index (χ1) is 12.6. The molecule has 0 bridgehead atoms. The van der Waals surface area contributed by atoms with Gasteiger partial charge in [0.05, 0.1) is 6.61 Å². The molecule has 2 aromatic carbocycles. The highest BCUT2D eigenvalue weighted by molar-refractivity contribution is 9.10. The van der Waals surface area contributed by atoms with Gasteiger partial charge in [-0.2, -0.15) is 0 Å². The van der Waals surface area contributed by atoms with E-state index in [-0.39, 0.29) is 6.61 Å². The van der Waals surface area contributed by atoms with Crippen LogP contribution in [0.1, 0.15) is 17.5 Å². The van der Waals surface area contributed by atoms with Crippen molar-refractivity contribution in [3.63, 3.8) is 0 Å². The zero-order valence-electron chi connectivity index (χ0n) is 14.4. The molecule has 7 heteroatoms. The van der Waals surface area contributed by atoms with E-state index in [2.05, 4.69) is 32.6 Å². The van der Waals surface area contributed by atoms with Gasteiger partial charge in [0, 0.05) is 38.7 Å². The fourth-order valence-electron chi connectivity index (χ4n) is 2.39. The van der Waals surface area contributed by atoms with Gasteiger partial charge in [0.15, 0.2) is 0 Å². The standard InChI is InChI=1S/C19H23BrCl2N2O2/c20-16-3-5-19(26-13-14-2-4-17(21)11-18(14)22)15(10-16)12-24-7-1-6-23-8-9-25/h2-5,10-11,23-25H,1,6-9,12-13H2. The Labute approximate surface area is 173 Å². The maximum Gasteiger partial charge on any atom is 0.124 e. The number of benzene rings is 2. The van der Waals surface area contributed by atoms with E-state index < -0.39 is 0 Å². The van der Waals surface area contributed by atoms with Crippen molar-refractivity contribution in [3.05, 3.63) is 62.0 Å². The normalized spacial score (nSPS) is 10.9. The Morgan fingerprint density at radius 2 is 1.77 bits per heavy atom. The van der Waals surface area contributed by atoms with E-state index in [9.17, 15) is 0 Å². The van der Waals surface area contributed by atoms with Crippen LogP contribution in [-0.2, 0) is 13.2 Å². The van der Waals surface area contributed by atoms with Crippen LogP contribution >= 0.6 is 39.1 Å². The minimum atomic E-state index is 0.170. The summed E-state index contributed by atoms with van der Waals surface area (Å²) < 4.78 is 6.99. The summed E-state index contributed by atoms with van der Waals surface area (Å²) in [5.74, 6) is 0.824. The molecule has 2 rings (SSSR count). The monoisotopic (exact) mass is 460 g/mol. The summed E-state index contributed by atoms with van der Waals surface area (Å²) in [5.41, 5.74) is 1.97. The lowest BCUT2D eigenvalue weighted by Crippen LogP contribution is -2.24. The second-order valence-corrected chi connectivity index (χ2v) is 7.54. The van der Waals surface area contributed by atoms with Crippen molar-refractivity contribution < 1.29 is 9.84 Å². The highest BCUT2D eigenvalue weighted by atomic mass is 79.9. The zero-order valence-corrected chi connectivity index (χ0v) is 17.5. The molecule has 0 atom stereocenters. The molecule has 0 saturated heterocycles. The minimum absolute atomic E-state index is 0.170. The molecule has 0 aliphatic carbocycles. The third-order valence-corrected chi connectivity index (χ3v) is 4.81. The summed E-state index contributed by atoms with van der Waals surface area (Å²) in [5, 5.41) is 16.5. The van der Waals surface area contributed by atoms with E-state index in [1.807, 2.05) is 18.2 Å². The van der Waals surface area contributed by atoms with Gasteiger partial charge in [-0.05, 0) is 49.8 Å². The van der Waals surface area contributed by atoms with Crippen LogP contribution in [0.2, 0.25) is 10.0 Å². The number of rotatable bonds is 11. The van der Waals surface area contributed by atoms with Gasteiger partial charge in [0.25, 0.3) is 0 Å². The van der Waals surface area contributed by atoms with E-state index in [1.54, 1.807) is 12.1 Å². The van der Waals surface area contributed by atoms with Gasteiger partial charge in [-0.15, -0.1) is 0 Å². The molecule has 0 aliphatic rings. The Morgan fingerprint density at radius 1 is 0.962 bits per heavy atom. The second kappa shape index (κ2) is 11.8. The quantitative estimate of drug-likeness (QED) is 0.434. The first-order valence-electron chi connectivity index (χ1n) is 8.47. The summed E-state index contributed by atoms with van der Waals surface area (Å²) in [4.78, 5) is 0. The van der Waals surface area contributed by atoms with Gasteiger partial charge in [-0.3, -0.25) is 0 Å². The number of nitrogens with one attached hydrogen (secondary N) is 2. The van der Waals surface area contributed by atoms with Crippen molar-refractivity contribution in [1.29, 1.82) is 0 Å². The fraction of sp³-hybridized carbons (Fsp3) is 0.368. The molecular weight excluding hydrogens is 439 g/mol. The predicted octanol–water partition coefficient (Wildman–Crippen LogP) is 4.40. The van der Waals surface area contributed by atoms with Gasteiger partial charge in [0.1, 0.15) is 12.4 Å². The van der Waals surface area contributed by atoms with Crippen LogP contribution in [0.25, 0.3) is 0 Å². The maximum atomic E-state index is 8.73. The third-order valence-electron chi connectivity index (χ3n) is 3.73. The van der Waals surface area contributed by atoms with Gasteiger partial charge >= 0.3 is 0 Å². The molecule has 0 unspecified atom stereocenters. The summed E-state index contributed by atoms with van der Waals surface area (Å²) >= 11 is 15.7. The van der Waals surface area contributed by atoms with E-state index in [0.717, 1.165) is 40.9 Å². The van der Waals surface area contributed by atoms with Crippen molar-refractivity contribution in [2.75, 3.05) is 26.2 Å². The van der Waals surface area contributed by atoms with E-state index in [4.69, 9.17) is 33.0 Å². The molecule has 2 aromatic rings. The number of hydrogen-bond acceptors (Lipinski definition) is 4. The van der Waals surface area contributed by atoms with E-state index in [0.29, 0.717) is 29.7 Å². The second-order valence-electron chi connectivity index (χ2n) is 5.78. The van der Waals surface area contributed by atoms with Crippen molar-refractivity contribution in [3.8, 4) is 5.75 Å². The summed E-state index contributed by atoms with van der Waals surface area (Å²) in [6.45, 7) is 3.66. The molecule has 26 heavy (non-hydrogen) atoms. The summed E-state index contributed by atoms with van der Waals surface area (Å²) in [6, 6.07) is 11.4. The molecule has 4 nitrogen and oxygen atoms in total. The van der Waals surface area contributed by atoms with Gasteiger partial charge in [0.2, 0.25) is 0 Å². The van der Waals surface area contributed by atoms with Gasteiger partial charge in [-0.1, -0.05) is 45.2 Å². The van der Waals surface area contributed by atoms with Gasteiger partial charge < -0.3 is 20.5 Å². The van der Waals surface area contributed by atoms with Crippen LogP contribution in [0.5, 0.6) is 5.75 Å². The average molecular weight is 462 g/mol. The lowest BCUT2D eigenvalue weighted by molar-refractivity contribution is 0.292. The Bertz CT molecular complexity index is 701. The van der Waals surface area contributed by atoms with Crippen LogP contribution in [0.4, 0.5) is 0 Å². The van der Waals surface area contributed by atoms with Crippen molar-refractivity contribution in [2.45, 2.75) is 19.6 Å². The summed E-state index contributed by atoms with van der Waals surface area (Å²) in [6.07, 6.45) is 0.991. The lowest BCUT2D eigenvalue weighted by Gasteiger charge is -2.14. The Morgan fingerprint density at radius 3 is 2.54 bits per heavy atom.